The topological polar surface area (TPSA) is 3.88 Å². The molecule has 0 amide bonds. The van der Waals surface area contributed by atoms with Crippen molar-refractivity contribution in [3.8, 4) is 0 Å². The van der Waals surface area contributed by atoms with Crippen molar-refractivity contribution in [1.29, 1.82) is 0 Å². The summed E-state index contributed by atoms with van der Waals surface area (Å²) in [4.78, 5) is 0. The Kier molecular flexibility index (Phi) is 17.3. The summed E-state index contributed by atoms with van der Waals surface area (Å²) in [5.74, 6) is 0. The molecule has 1 rings (SSSR count). The Morgan fingerprint density at radius 1 is 0.517 bits per heavy atom. The van der Waals surface area contributed by atoms with Gasteiger partial charge >= 0.3 is 0 Å². The van der Waals surface area contributed by atoms with Crippen LogP contribution in [0.2, 0.25) is 0 Å². The van der Waals surface area contributed by atoms with E-state index in [1.165, 1.54) is 129 Å². The maximum atomic E-state index is 2.48. The molecule has 0 aliphatic carbocycles. The number of hydrogen-bond donors (Lipinski definition) is 0. The third kappa shape index (κ3) is 13.9. The van der Waals surface area contributed by atoms with Gasteiger partial charge in [0.2, 0.25) is 0 Å². The molecule has 1 aromatic heterocycles. The predicted octanol–water partition coefficient (Wildman–Crippen LogP) is 8.75. The standard InChI is InChI=1S/C28H52N/c1-4-7-10-11-12-13-14-15-16-17-20-24-29-25-23-27(21-18-8-5-2)28(26-29)22-19-9-6-3/h23,25-26H,4-22,24H2,1-3H3/q+1. The van der Waals surface area contributed by atoms with Crippen LogP contribution in [0, 0.1) is 0 Å². The first kappa shape index (κ1) is 26.2. The van der Waals surface area contributed by atoms with E-state index in [0.717, 1.165) is 0 Å². The molecule has 0 saturated carbocycles. The highest BCUT2D eigenvalue weighted by atomic mass is 14.9. The smallest absolute Gasteiger partial charge is 0.172 e. The lowest BCUT2D eigenvalue weighted by atomic mass is 9.99. The molecule has 0 saturated heterocycles. The van der Waals surface area contributed by atoms with Crippen molar-refractivity contribution < 1.29 is 4.57 Å². The molecule has 0 aliphatic heterocycles. The third-order valence-electron chi connectivity index (χ3n) is 6.32. The monoisotopic (exact) mass is 402 g/mol. The van der Waals surface area contributed by atoms with Gasteiger partial charge in [0, 0.05) is 18.1 Å². The first-order chi connectivity index (χ1) is 14.3. The van der Waals surface area contributed by atoms with Crippen molar-refractivity contribution in [3.05, 3.63) is 29.6 Å². The van der Waals surface area contributed by atoms with E-state index in [9.17, 15) is 0 Å². The minimum absolute atomic E-state index is 1.20. The lowest BCUT2D eigenvalue weighted by Gasteiger charge is -2.09. The second-order valence-corrected chi connectivity index (χ2v) is 9.18. The van der Waals surface area contributed by atoms with E-state index in [4.69, 9.17) is 0 Å². The van der Waals surface area contributed by atoms with E-state index in [1.807, 2.05) is 0 Å². The van der Waals surface area contributed by atoms with Crippen molar-refractivity contribution in [2.75, 3.05) is 0 Å². The Morgan fingerprint density at radius 3 is 1.52 bits per heavy atom. The fourth-order valence-electron chi connectivity index (χ4n) is 4.32. The van der Waals surface area contributed by atoms with Gasteiger partial charge in [0.05, 0.1) is 0 Å². The summed E-state index contributed by atoms with van der Waals surface area (Å²) in [6, 6.07) is 2.43. The van der Waals surface area contributed by atoms with Crippen LogP contribution in [0.4, 0.5) is 0 Å². The molecular formula is C28H52N+. The van der Waals surface area contributed by atoms with Gasteiger partial charge in [-0.15, -0.1) is 0 Å². The van der Waals surface area contributed by atoms with Crippen molar-refractivity contribution in [2.24, 2.45) is 0 Å². The molecule has 0 bridgehead atoms. The number of hydrogen-bond acceptors (Lipinski definition) is 0. The zero-order valence-electron chi connectivity index (χ0n) is 20.3. The largest absolute Gasteiger partial charge is 0.205 e. The maximum absolute atomic E-state index is 2.48. The van der Waals surface area contributed by atoms with Crippen LogP contribution in [0.25, 0.3) is 0 Å². The van der Waals surface area contributed by atoms with Gasteiger partial charge in [0.25, 0.3) is 0 Å². The highest BCUT2D eigenvalue weighted by Crippen LogP contribution is 2.15. The van der Waals surface area contributed by atoms with Crippen LogP contribution < -0.4 is 4.57 Å². The van der Waals surface area contributed by atoms with Crippen LogP contribution in [0.1, 0.15) is 141 Å². The summed E-state index contributed by atoms with van der Waals surface area (Å²) in [5, 5.41) is 0. The molecule has 1 heterocycles. The number of aromatic nitrogens is 1. The first-order valence-electron chi connectivity index (χ1n) is 13.3. The average molecular weight is 403 g/mol. The quantitative estimate of drug-likeness (QED) is 0.151. The van der Waals surface area contributed by atoms with E-state index in [2.05, 4.69) is 43.8 Å². The molecule has 0 unspecified atom stereocenters. The van der Waals surface area contributed by atoms with Crippen LogP contribution >= 0.6 is 0 Å². The molecule has 0 spiro atoms. The van der Waals surface area contributed by atoms with Crippen molar-refractivity contribution in [2.45, 2.75) is 149 Å². The molecule has 1 nitrogen and oxygen atoms in total. The maximum Gasteiger partial charge on any atom is 0.172 e. The minimum atomic E-state index is 1.20. The normalized spacial score (nSPS) is 11.3. The molecule has 0 aromatic carbocycles. The molecule has 29 heavy (non-hydrogen) atoms. The first-order valence-corrected chi connectivity index (χ1v) is 13.3. The van der Waals surface area contributed by atoms with Gasteiger partial charge in [-0.3, -0.25) is 0 Å². The Morgan fingerprint density at radius 2 is 0.966 bits per heavy atom. The third-order valence-corrected chi connectivity index (χ3v) is 6.32. The van der Waals surface area contributed by atoms with Crippen LogP contribution in [0.15, 0.2) is 18.5 Å². The van der Waals surface area contributed by atoms with Gasteiger partial charge < -0.3 is 0 Å². The second-order valence-electron chi connectivity index (χ2n) is 9.18. The fraction of sp³-hybridized carbons (Fsp3) is 0.821. The Bertz CT molecular complexity index is 479. The summed E-state index contributed by atoms with van der Waals surface area (Å²) in [6.45, 7) is 8.11. The number of nitrogens with zero attached hydrogens (tertiary/aromatic N) is 1. The molecular weight excluding hydrogens is 350 g/mol. The summed E-state index contributed by atoms with van der Waals surface area (Å²) in [7, 11) is 0. The van der Waals surface area contributed by atoms with Crippen molar-refractivity contribution >= 4 is 0 Å². The van der Waals surface area contributed by atoms with Crippen LogP contribution in [-0.2, 0) is 19.4 Å². The van der Waals surface area contributed by atoms with Crippen molar-refractivity contribution in [3.63, 3.8) is 0 Å². The Balaban J connectivity index is 2.25. The summed E-state index contributed by atoms with van der Waals surface area (Å²) in [6.07, 6.45) is 31.1. The SMILES string of the molecule is CCCCCCCCCCCCC[n+]1ccc(CCCCC)c(CCCCC)c1. The van der Waals surface area contributed by atoms with E-state index < -0.39 is 0 Å². The van der Waals surface area contributed by atoms with E-state index >= 15 is 0 Å². The van der Waals surface area contributed by atoms with E-state index in [0.29, 0.717) is 0 Å². The zero-order valence-corrected chi connectivity index (χ0v) is 20.3. The molecule has 1 aromatic rings. The summed E-state index contributed by atoms with van der Waals surface area (Å²) < 4.78 is 2.47. The molecule has 1 heteroatoms. The second kappa shape index (κ2) is 19.1. The number of aryl methyl sites for hydroxylation is 3. The highest BCUT2D eigenvalue weighted by molar-refractivity contribution is 5.21. The van der Waals surface area contributed by atoms with Crippen molar-refractivity contribution in [1.82, 2.24) is 0 Å². The molecule has 0 radical (unpaired) electrons. The summed E-state index contributed by atoms with van der Waals surface area (Å²) >= 11 is 0. The molecule has 168 valence electrons. The predicted molar refractivity (Wildman–Crippen MR) is 130 cm³/mol. The Hall–Kier alpha value is -0.850. The lowest BCUT2D eigenvalue weighted by Crippen LogP contribution is -2.33. The van der Waals surface area contributed by atoms with Gasteiger partial charge in [-0.2, -0.15) is 0 Å². The minimum Gasteiger partial charge on any atom is -0.205 e. The van der Waals surface area contributed by atoms with Crippen LogP contribution in [-0.4, -0.2) is 0 Å². The molecule has 0 fully saturated rings. The van der Waals surface area contributed by atoms with Crippen LogP contribution in [0.5, 0.6) is 0 Å². The van der Waals surface area contributed by atoms with Gasteiger partial charge in [-0.05, 0) is 37.7 Å². The van der Waals surface area contributed by atoms with E-state index in [-0.39, 0.29) is 0 Å². The Labute approximate surface area is 183 Å². The zero-order chi connectivity index (χ0) is 21.0. The van der Waals surface area contributed by atoms with Gasteiger partial charge in [0.1, 0.15) is 6.54 Å². The van der Waals surface area contributed by atoms with E-state index in [1.54, 1.807) is 11.1 Å². The molecule has 0 atom stereocenters. The van der Waals surface area contributed by atoms with Gasteiger partial charge in [-0.1, -0.05) is 104 Å². The molecule has 0 N–H and O–H groups in total. The number of unbranched alkanes of at least 4 members (excludes halogenated alkanes) is 14. The average Bonchev–Trinajstić information content (AvgIpc) is 2.73. The number of pyridine rings is 1. The van der Waals surface area contributed by atoms with Gasteiger partial charge in [0.15, 0.2) is 12.4 Å². The highest BCUT2D eigenvalue weighted by Gasteiger charge is 2.09. The number of rotatable bonds is 20. The van der Waals surface area contributed by atoms with Crippen LogP contribution in [0.3, 0.4) is 0 Å². The lowest BCUT2D eigenvalue weighted by molar-refractivity contribution is -0.697. The molecule has 0 aliphatic rings. The van der Waals surface area contributed by atoms with Gasteiger partial charge in [-0.25, -0.2) is 4.57 Å². The summed E-state index contributed by atoms with van der Waals surface area (Å²) in [5.41, 5.74) is 3.24. The fourth-order valence-corrected chi connectivity index (χ4v) is 4.32.